The van der Waals surface area contributed by atoms with Crippen LogP contribution in [0.25, 0.3) is 0 Å². The Kier molecular flexibility index (Phi) is 3.39. The zero-order valence-corrected chi connectivity index (χ0v) is 11.4. The first-order chi connectivity index (χ1) is 8.70. The number of rotatable bonds is 5. The molecule has 100 valence electrons. The summed E-state index contributed by atoms with van der Waals surface area (Å²) in [6, 6.07) is 3.39. The van der Waals surface area contributed by atoms with Crippen LogP contribution in [0.3, 0.4) is 0 Å². The average Bonchev–Trinajstić information content (AvgIpc) is 3.02. The van der Waals surface area contributed by atoms with E-state index in [0.717, 1.165) is 36.5 Å². The van der Waals surface area contributed by atoms with Crippen molar-refractivity contribution in [2.24, 2.45) is 5.92 Å². The fourth-order valence-corrected chi connectivity index (χ4v) is 3.24. The molecule has 4 nitrogen and oxygen atoms in total. The van der Waals surface area contributed by atoms with Crippen LogP contribution in [-0.4, -0.2) is 28.7 Å². The van der Waals surface area contributed by atoms with Crippen LogP contribution in [0.4, 0.5) is 0 Å². The van der Waals surface area contributed by atoms with E-state index >= 15 is 0 Å². The van der Waals surface area contributed by atoms with Gasteiger partial charge in [-0.1, -0.05) is 19.0 Å². The molecular weight excluding hydrogens is 226 g/mol. The lowest BCUT2D eigenvalue weighted by molar-refractivity contribution is 0.183. The maximum atomic E-state index is 5.43. The largest absolute Gasteiger partial charge is 0.360 e. The van der Waals surface area contributed by atoms with E-state index in [2.05, 4.69) is 35.3 Å². The molecule has 2 fully saturated rings. The molecule has 2 heterocycles. The lowest BCUT2D eigenvalue weighted by atomic mass is 10.1. The molecule has 1 saturated heterocycles. The van der Waals surface area contributed by atoms with Crippen molar-refractivity contribution in [3.8, 4) is 0 Å². The van der Waals surface area contributed by atoms with Crippen molar-refractivity contribution in [2.45, 2.75) is 58.3 Å². The molecule has 2 atom stereocenters. The summed E-state index contributed by atoms with van der Waals surface area (Å²) in [6.07, 6.45) is 4.21. The number of aromatic nitrogens is 1. The molecule has 3 rings (SSSR count). The number of hydrogen-bond acceptors (Lipinski definition) is 4. The number of fused-ring (bicyclic) bond motifs is 2. The highest BCUT2D eigenvalue weighted by molar-refractivity contribution is 5.06. The fraction of sp³-hybridized carbons (Fsp3) is 0.786. The Hall–Kier alpha value is -0.870. The zero-order chi connectivity index (χ0) is 12.5. The summed E-state index contributed by atoms with van der Waals surface area (Å²) < 4.78 is 5.43. The molecule has 2 bridgehead atoms. The van der Waals surface area contributed by atoms with E-state index in [9.17, 15) is 0 Å². The van der Waals surface area contributed by atoms with Gasteiger partial charge in [-0.25, -0.2) is 0 Å². The third-order valence-electron chi connectivity index (χ3n) is 4.18. The molecule has 1 aliphatic carbocycles. The van der Waals surface area contributed by atoms with Crippen LogP contribution in [0.15, 0.2) is 10.6 Å². The van der Waals surface area contributed by atoms with Gasteiger partial charge < -0.3 is 9.84 Å². The lowest BCUT2D eigenvalue weighted by Gasteiger charge is -2.25. The van der Waals surface area contributed by atoms with Gasteiger partial charge in [-0.05, 0) is 25.2 Å². The standard InChI is InChI=1S/C14H23N3O/c1-10(2)15-7-12-6-14(18-16-12)9-17-8-11-3-4-13(17)5-11/h6,10-11,13,15H,3-5,7-9H2,1-2H3. The summed E-state index contributed by atoms with van der Waals surface area (Å²) in [5.74, 6) is 1.96. The Labute approximate surface area is 109 Å². The van der Waals surface area contributed by atoms with E-state index in [-0.39, 0.29) is 0 Å². The summed E-state index contributed by atoms with van der Waals surface area (Å²) in [6.45, 7) is 7.28. The van der Waals surface area contributed by atoms with Gasteiger partial charge >= 0.3 is 0 Å². The molecule has 4 heteroatoms. The molecule has 1 aromatic rings. The van der Waals surface area contributed by atoms with Crippen molar-refractivity contribution in [3.05, 3.63) is 17.5 Å². The highest BCUT2D eigenvalue weighted by atomic mass is 16.5. The van der Waals surface area contributed by atoms with Crippen molar-refractivity contribution in [1.82, 2.24) is 15.4 Å². The highest BCUT2D eigenvalue weighted by Crippen LogP contribution is 2.38. The molecule has 2 unspecified atom stereocenters. The first kappa shape index (κ1) is 12.2. The maximum Gasteiger partial charge on any atom is 0.151 e. The predicted molar refractivity (Wildman–Crippen MR) is 70.0 cm³/mol. The third-order valence-corrected chi connectivity index (χ3v) is 4.18. The van der Waals surface area contributed by atoms with E-state index in [1.807, 2.05) is 0 Å². The SMILES string of the molecule is CC(C)NCc1cc(CN2CC3CCC2C3)on1. The van der Waals surface area contributed by atoms with Gasteiger partial charge in [0.1, 0.15) is 0 Å². The van der Waals surface area contributed by atoms with Gasteiger partial charge in [0.2, 0.25) is 0 Å². The molecular formula is C14H23N3O. The number of nitrogens with one attached hydrogen (secondary N) is 1. The molecule has 0 radical (unpaired) electrons. The molecule has 1 aliphatic heterocycles. The molecule has 0 aromatic carbocycles. The van der Waals surface area contributed by atoms with Gasteiger partial charge in [0.25, 0.3) is 0 Å². The Morgan fingerprint density at radius 2 is 2.39 bits per heavy atom. The smallest absolute Gasteiger partial charge is 0.151 e. The van der Waals surface area contributed by atoms with Crippen molar-refractivity contribution in [1.29, 1.82) is 0 Å². The van der Waals surface area contributed by atoms with Gasteiger partial charge in [-0.2, -0.15) is 0 Å². The minimum Gasteiger partial charge on any atom is -0.360 e. The van der Waals surface area contributed by atoms with E-state index < -0.39 is 0 Å². The Morgan fingerprint density at radius 3 is 3.06 bits per heavy atom. The summed E-state index contributed by atoms with van der Waals surface area (Å²) >= 11 is 0. The number of piperidine rings is 1. The second kappa shape index (κ2) is 5.02. The summed E-state index contributed by atoms with van der Waals surface area (Å²) in [5, 5.41) is 7.49. The average molecular weight is 249 g/mol. The van der Waals surface area contributed by atoms with Crippen LogP contribution >= 0.6 is 0 Å². The van der Waals surface area contributed by atoms with Crippen LogP contribution in [0.2, 0.25) is 0 Å². The van der Waals surface area contributed by atoms with Gasteiger partial charge in [0.05, 0.1) is 12.2 Å². The molecule has 1 saturated carbocycles. The summed E-state index contributed by atoms with van der Waals surface area (Å²) in [4.78, 5) is 2.56. The fourth-order valence-electron chi connectivity index (χ4n) is 3.24. The van der Waals surface area contributed by atoms with Crippen molar-refractivity contribution in [3.63, 3.8) is 0 Å². The van der Waals surface area contributed by atoms with Crippen LogP contribution in [-0.2, 0) is 13.1 Å². The zero-order valence-electron chi connectivity index (χ0n) is 11.4. The number of nitrogens with zero attached hydrogens (tertiary/aromatic N) is 2. The lowest BCUT2D eigenvalue weighted by Crippen LogP contribution is -2.31. The van der Waals surface area contributed by atoms with Crippen molar-refractivity contribution in [2.75, 3.05) is 6.54 Å². The summed E-state index contributed by atoms with van der Waals surface area (Å²) in [7, 11) is 0. The summed E-state index contributed by atoms with van der Waals surface area (Å²) in [5.41, 5.74) is 1.02. The molecule has 0 amide bonds. The molecule has 1 N–H and O–H groups in total. The first-order valence-electron chi connectivity index (χ1n) is 7.12. The Balaban J connectivity index is 1.54. The van der Waals surface area contributed by atoms with E-state index in [1.54, 1.807) is 0 Å². The Morgan fingerprint density at radius 1 is 1.50 bits per heavy atom. The van der Waals surface area contributed by atoms with Gasteiger partial charge in [-0.3, -0.25) is 4.90 Å². The minimum atomic E-state index is 0.486. The van der Waals surface area contributed by atoms with Crippen molar-refractivity contribution < 1.29 is 4.52 Å². The van der Waals surface area contributed by atoms with Crippen LogP contribution in [0.5, 0.6) is 0 Å². The second-order valence-corrected chi connectivity index (χ2v) is 6.08. The highest BCUT2D eigenvalue weighted by Gasteiger charge is 2.37. The van der Waals surface area contributed by atoms with E-state index in [0.29, 0.717) is 6.04 Å². The molecule has 1 aromatic heterocycles. The van der Waals surface area contributed by atoms with Crippen LogP contribution < -0.4 is 5.32 Å². The van der Waals surface area contributed by atoms with Gasteiger partial charge in [-0.15, -0.1) is 0 Å². The first-order valence-corrected chi connectivity index (χ1v) is 7.12. The monoisotopic (exact) mass is 249 g/mol. The molecule has 0 spiro atoms. The van der Waals surface area contributed by atoms with Gasteiger partial charge in [0, 0.05) is 31.2 Å². The van der Waals surface area contributed by atoms with Crippen molar-refractivity contribution >= 4 is 0 Å². The van der Waals surface area contributed by atoms with E-state index in [1.165, 1.54) is 25.8 Å². The van der Waals surface area contributed by atoms with Crippen LogP contribution in [0.1, 0.15) is 44.6 Å². The number of likely N-dealkylation sites (tertiary alicyclic amines) is 1. The molecule has 18 heavy (non-hydrogen) atoms. The Bertz CT molecular complexity index is 401. The maximum absolute atomic E-state index is 5.43. The quantitative estimate of drug-likeness (QED) is 0.868. The number of hydrogen-bond donors (Lipinski definition) is 1. The van der Waals surface area contributed by atoms with Crippen LogP contribution in [0, 0.1) is 5.92 Å². The topological polar surface area (TPSA) is 41.3 Å². The van der Waals surface area contributed by atoms with E-state index in [4.69, 9.17) is 4.52 Å². The second-order valence-electron chi connectivity index (χ2n) is 6.08. The third kappa shape index (κ3) is 2.59. The predicted octanol–water partition coefficient (Wildman–Crippen LogP) is 2.16. The normalized spacial score (nSPS) is 27.5. The molecule has 2 aliphatic rings. The van der Waals surface area contributed by atoms with Gasteiger partial charge in [0.15, 0.2) is 5.76 Å². The minimum absolute atomic E-state index is 0.486.